The van der Waals surface area contributed by atoms with Gasteiger partial charge in [-0.2, -0.15) is 0 Å². The molecule has 0 spiro atoms. The first-order valence-corrected chi connectivity index (χ1v) is 6.21. The van der Waals surface area contributed by atoms with Crippen LogP contribution >= 0.6 is 27.5 Å². The summed E-state index contributed by atoms with van der Waals surface area (Å²) in [6.45, 7) is 0. The van der Waals surface area contributed by atoms with Crippen LogP contribution in [0.3, 0.4) is 0 Å². The molecule has 0 saturated heterocycles. The van der Waals surface area contributed by atoms with E-state index in [1.165, 1.54) is 12.1 Å². The Morgan fingerprint density at radius 3 is 2.32 bits per heavy atom. The molecule has 0 amide bonds. The fraction of sp³-hybridized carbons (Fsp3) is 0. The van der Waals surface area contributed by atoms with E-state index in [9.17, 15) is 13.2 Å². The lowest BCUT2D eigenvalue weighted by Crippen LogP contribution is -2.00. The van der Waals surface area contributed by atoms with E-state index in [2.05, 4.69) is 21.2 Å². The molecule has 0 aliphatic carbocycles. The van der Waals surface area contributed by atoms with Crippen molar-refractivity contribution >= 4 is 44.6 Å². The van der Waals surface area contributed by atoms with Crippen LogP contribution in [-0.4, -0.2) is 0 Å². The molecule has 0 bridgehead atoms. The summed E-state index contributed by atoms with van der Waals surface area (Å²) in [7, 11) is 0. The molecule has 0 unspecified atom stereocenters. The van der Waals surface area contributed by atoms with Crippen molar-refractivity contribution in [2.45, 2.75) is 0 Å². The minimum Gasteiger partial charge on any atom is -0.397 e. The van der Waals surface area contributed by atoms with Crippen molar-refractivity contribution in [1.82, 2.24) is 0 Å². The number of hydrogen-bond donors (Lipinski definition) is 2. The quantitative estimate of drug-likeness (QED) is 0.600. The van der Waals surface area contributed by atoms with Crippen molar-refractivity contribution in [3.63, 3.8) is 0 Å². The molecule has 0 radical (unpaired) electrons. The second kappa shape index (κ2) is 5.30. The lowest BCUT2D eigenvalue weighted by atomic mass is 10.2. The lowest BCUT2D eigenvalue weighted by Gasteiger charge is -2.11. The van der Waals surface area contributed by atoms with Crippen LogP contribution in [0.1, 0.15) is 0 Å². The zero-order valence-corrected chi connectivity index (χ0v) is 11.6. The highest BCUT2D eigenvalue weighted by Gasteiger charge is 2.11. The van der Waals surface area contributed by atoms with E-state index < -0.39 is 17.5 Å². The highest BCUT2D eigenvalue weighted by atomic mass is 79.9. The third kappa shape index (κ3) is 2.96. The average molecular weight is 352 g/mol. The summed E-state index contributed by atoms with van der Waals surface area (Å²) in [5, 5.41) is 2.47. The second-order valence-corrected chi connectivity index (χ2v) is 4.99. The minimum atomic E-state index is -0.805. The van der Waals surface area contributed by atoms with Gasteiger partial charge in [0.05, 0.1) is 26.6 Å². The first kappa shape index (κ1) is 14.0. The van der Waals surface area contributed by atoms with Crippen LogP contribution < -0.4 is 11.1 Å². The molecule has 0 aliphatic heterocycles. The van der Waals surface area contributed by atoms with Crippen LogP contribution in [0.4, 0.5) is 30.2 Å². The zero-order valence-electron chi connectivity index (χ0n) is 9.28. The van der Waals surface area contributed by atoms with Gasteiger partial charge in [0, 0.05) is 12.1 Å². The van der Waals surface area contributed by atoms with E-state index in [-0.39, 0.29) is 26.6 Å². The molecule has 2 aromatic rings. The van der Waals surface area contributed by atoms with Crippen molar-refractivity contribution in [3.05, 3.63) is 51.2 Å². The lowest BCUT2D eigenvalue weighted by molar-refractivity contribution is 0.581. The molecule has 2 nitrogen and oxygen atoms in total. The zero-order chi connectivity index (χ0) is 14.2. The average Bonchev–Trinajstić information content (AvgIpc) is 2.32. The maximum atomic E-state index is 13.6. The van der Waals surface area contributed by atoms with Gasteiger partial charge < -0.3 is 11.1 Å². The molecule has 0 saturated carbocycles. The smallest absolute Gasteiger partial charge is 0.149 e. The predicted octanol–water partition coefficient (Wildman–Crippen LogP) is 4.85. The summed E-state index contributed by atoms with van der Waals surface area (Å²) in [5.41, 5.74) is 5.86. The van der Waals surface area contributed by atoms with E-state index in [1.54, 1.807) is 0 Å². The number of anilines is 3. The first-order valence-electron chi connectivity index (χ1n) is 5.04. The summed E-state index contributed by atoms with van der Waals surface area (Å²) in [5.74, 6) is -2.21. The number of nitrogen functional groups attached to an aromatic ring is 1. The topological polar surface area (TPSA) is 38.0 Å². The van der Waals surface area contributed by atoms with E-state index in [1.807, 2.05) is 0 Å². The fourth-order valence-corrected chi connectivity index (χ4v) is 1.94. The van der Waals surface area contributed by atoms with Gasteiger partial charge in [-0.15, -0.1) is 0 Å². The Labute approximate surface area is 120 Å². The summed E-state index contributed by atoms with van der Waals surface area (Å²) in [4.78, 5) is 0. The Hall–Kier alpha value is -1.40. The van der Waals surface area contributed by atoms with Crippen molar-refractivity contribution in [1.29, 1.82) is 0 Å². The Morgan fingerprint density at radius 2 is 1.63 bits per heavy atom. The third-order valence-corrected chi connectivity index (χ3v) is 3.27. The standard InChI is InChI=1S/C12H7BrClF3N2/c13-5-1-11(9(17)3-7(5)15)19-12-2-6(14)8(16)4-10(12)18/h1-4,19H,18H2. The molecule has 0 heterocycles. The Kier molecular flexibility index (Phi) is 3.91. The third-order valence-electron chi connectivity index (χ3n) is 2.37. The summed E-state index contributed by atoms with van der Waals surface area (Å²) < 4.78 is 39.9. The number of nitrogens with two attached hydrogens (primary N) is 1. The van der Waals surface area contributed by atoms with Gasteiger partial charge in [0.15, 0.2) is 0 Å². The summed E-state index contributed by atoms with van der Waals surface area (Å²) in [6, 6.07) is 4.17. The van der Waals surface area contributed by atoms with Gasteiger partial charge in [-0.3, -0.25) is 0 Å². The van der Waals surface area contributed by atoms with Crippen LogP contribution in [0.5, 0.6) is 0 Å². The van der Waals surface area contributed by atoms with E-state index in [0.29, 0.717) is 6.07 Å². The number of hydrogen-bond acceptors (Lipinski definition) is 2. The minimum absolute atomic E-state index is 0.0114. The summed E-state index contributed by atoms with van der Waals surface area (Å²) >= 11 is 8.55. The van der Waals surface area contributed by atoms with Crippen LogP contribution in [-0.2, 0) is 0 Å². The normalized spacial score (nSPS) is 10.6. The van der Waals surface area contributed by atoms with Crippen molar-refractivity contribution in [2.75, 3.05) is 11.1 Å². The van der Waals surface area contributed by atoms with Gasteiger partial charge in [0.1, 0.15) is 17.5 Å². The molecule has 2 aromatic carbocycles. The molecule has 100 valence electrons. The van der Waals surface area contributed by atoms with Gasteiger partial charge in [-0.1, -0.05) is 11.6 Å². The molecule has 0 fully saturated rings. The van der Waals surface area contributed by atoms with Crippen LogP contribution in [0.15, 0.2) is 28.7 Å². The molecule has 0 atom stereocenters. The van der Waals surface area contributed by atoms with Crippen LogP contribution in [0.25, 0.3) is 0 Å². The monoisotopic (exact) mass is 350 g/mol. The fourth-order valence-electron chi connectivity index (χ4n) is 1.43. The van der Waals surface area contributed by atoms with Gasteiger partial charge in [-0.05, 0) is 28.1 Å². The summed E-state index contributed by atoms with van der Waals surface area (Å²) in [6.07, 6.45) is 0. The van der Waals surface area contributed by atoms with E-state index >= 15 is 0 Å². The van der Waals surface area contributed by atoms with Gasteiger partial charge in [0.25, 0.3) is 0 Å². The van der Waals surface area contributed by atoms with Crippen molar-refractivity contribution < 1.29 is 13.2 Å². The number of rotatable bonds is 2. The molecule has 3 N–H and O–H groups in total. The Balaban J connectivity index is 2.42. The van der Waals surface area contributed by atoms with E-state index in [4.69, 9.17) is 17.3 Å². The molecule has 19 heavy (non-hydrogen) atoms. The molecule has 0 aliphatic rings. The number of benzene rings is 2. The van der Waals surface area contributed by atoms with Gasteiger partial charge in [0.2, 0.25) is 0 Å². The molecular weight excluding hydrogens is 344 g/mol. The van der Waals surface area contributed by atoms with E-state index in [0.717, 1.165) is 6.07 Å². The Bertz CT molecular complexity index is 594. The maximum absolute atomic E-state index is 13.6. The molecule has 7 heteroatoms. The SMILES string of the molecule is Nc1cc(F)c(Cl)cc1Nc1cc(Br)c(F)cc1F. The highest BCUT2D eigenvalue weighted by molar-refractivity contribution is 9.10. The Morgan fingerprint density at radius 1 is 0.947 bits per heavy atom. The maximum Gasteiger partial charge on any atom is 0.149 e. The van der Waals surface area contributed by atoms with Gasteiger partial charge >= 0.3 is 0 Å². The van der Waals surface area contributed by atoms with Crippen LogP contribution in [0, 0.1) is 17.5 Å². The molecular formula is C12H7BrClF3N2. The number of nitrogens with one attached hydrogen (secondary N) is 1. The largest absolute Gasteiger partial charge is 0.397 e. The van der Waals surface area contributed by atoms with Gasteiger partial charge in [-0.25, -0.2) is 13.2 Å². The second-order valence-electron chi connectivity index (χ2n) is 3.72. The molecule has 0 aromatic heterocycles. The predicted molar refractivity (Wildman–Crippen MR) is 73.2 cm³/mol. The number of halogens is 5. The first-order chi connectivity index (χ1) is 8.88. The highest BCUT2D eigenvalue weighted by Crippen LogP contribution is 2.31. The van der Waals surface area contributed by atoms with Crippen molar-refractivity contribution in [2.24, 2.45) is 0 Å². The van der Waals surface area contributed by atoms with Crippen LogP contribution in [0.2, 0.25) is 5.02 Å². The van der Waals surface area contributed by atoms with Crippen molar-refractivity contribution in [3.8, 4) is 0 Å². The molecule has 2 rings (SSSR count).